The van der Waals surface area contributed by atoms with Crippen molar-refractivity contribution in [2.24, 2.45) is 35.5 Å². The summed E-state index contributed by atoms with van der Waals surface area (Å²) in [6.45, 7) is 17.2. The van der Waals surface area contributed by atoms with Gasteiger partial charge in [0.15, 0.2) is 0 Å². The zero-order chi connectivity index (χ0) is 36.3. The van der Waals surface area contributed by atoms with Crippen LogP contribution in [0.3, 0.4) is 0 Å². The van der Waals surface area contributed by atoms with Crippen LogP contribution in [-0.2, 0) is 23.7 Å². The third kappa shape index (κ3) is 11.1. The number of allylic oxidation sites excluding steroid dienone is 6. The van der Waals surface area contributed by atoms with E-state index in [9.17, 15) is 25.2 Å². The molecule has 9 heteroatoms. The zero-order valence-corrected chi connectivity index (χ0v) is 31.1. The second kappa shape index (κ2) is 19.8. The van der Waals surface area contributed by atoms with E-state index in [1.165, 1.54) is 14.2 Å². The highest BCUT2D eigenvalue weighted by Gasteiger charge is 2.42. The van der Waals surface area contributed by atoms with E-state index in [1.54, 1.807) is 12.2 Å². The van der Waals surface area contributed by atoms with Gasteiger partial charge in [-0.15, -0.1) is 0 Å². The molecule has 0 aromatic rings. The van der Waals surface area contributed by atoms with E-state index >= 15 is 0 Å². The zero-order valence-electron chi connectivity index (χ0n) is 31.1. The standard InChI is InChI=1S/C39H64O9/c1-12-15-31-26(7)30(40)21-33(47-31)27(8)37(43)28(9)38-32(45-10)17-14-16-22(3)18-24(5)35(41)29(13-2)36(42)25(6)19-23(4)20-34(46-11)39(44)48-38/h12,14-17,19-20,24-33,35-38,40-43H,13,18,21H2,1-11H3/b15-12+,17-14+,22-16+,23-19+,34-20-/t24-,25-,26+,27-,28+,29+,30-,31-,32+,33-,35+,36-,37+,38-/m1/s1. The Morgan fingerprint density at radius 2 is 1.73 bits per heavy atom. The first-order valence-corrected chi connectivity index (χ1v) is 17.6. The van der Waals surface area contributed by atoms with Crippen LogP contribution in [0.2, 0.25) is 0 Å². The predicted octanol–water partition coefficient (Wildman–Crippen LogP) is 5.68. The number of ether oxygens (including phenoxy) is 4. The van der Waals surface area contributed by atoms with Gasteiger partial charge in [0.2, 0.25) is 5.76 Å². The number of aliphatic hydroxyl groups excluding tert-OH is 4. The Kier molecular flexibility index (Phi) is 17.3. The van der Waals surface area contributed by atoms with E-state index in [0.717, 1.165) is 5.57 Å². The molecule has 0 amide bonds. The second-order valence-electron chi connectivity index (χ2n) is 14.2. The smallest absolute Gasteiger partial charge is 0.373 e. The lowest BCUT2D eigenvalue weighted by Crippen LogP contribution is -2.50. The average Bonchev–Trinajstić information content (AvgIpc) is 3.05. The fourth-order valence-electron chi connectivity index (χ4n) is 7.16. The minimum absolute atomic E-state index is 0.0384. The summed E-state index contributed by atoms with van der Waals surface area (Å²) in [7, 11) is 2.92. The van der Waals surface area contributed by atoms with Gasteiger partial charge in [0.25, 0.3) is 0 Å². The molecule has 2 aliphatic rings. The molecule has 2 heterocycles. The molecule has 0 aromatic heterocycles. The van der Waals surface area contributed by atoms with Gasteiger partial charge in [-0.3, -0.25) is 0 Å². The monoisotopic (exact) mass is 676 g/mol. The molecular weight excluding hydrogens is 612 g/mol. The molecule has 48 heavy (non-hydrogen) atoms. The van der Waals surface area contributed by atoms with Crippen molar-refractivity contribution in [2.75, 3.05) is 14.2 Å². The van der Waals surface area contributed by atoms with Gasteiger partial charge in [-0.1, -0.05) is 89.1 Å². The molecule has 14 atom stereocenters. The van der Waals surface area contributed by atoms with Gasteiger partial charge in [0.05, 0.1) is 43.7 Å². The summed E-state index contributed by atoms with van der Waals surface area (Å²) in [5, 5.41) is 45.1. The number of cyclic esters (lactones) is 1. The molecule has 1 fully saturated rings. The van der Waals surface area contributed by atoms with E-state index in [-0.39, 0.29) is 35.5 Å². The summed E-state index contributed by atoms with van der Waals surface area (Å²) >= 11 is 0. The number of hydrogen-bond donors (Lipinski definition) is 4. The molecule has 0 unspecified atom stereocenters. The van der Waals surface area contributed by atoms with Gasteiger partial charge < -0.3 is 39.4 Å². The summed E-state index contributed by atoms with van der Waals surface area (Å²) < 4.78 is 23.8. The molecule has 4 N–H and O–H groups in total. The lowest BCUT2D eigenvalue weighted by atomic mass is 9.79. The lowest BCUT2D eigenvalue weighted by Gasteiger charge is -2.42. The average molecular weight is 677 g/mol. The number of rotatable bonds is 8. The number of aliphatic hydroxyl groups is 4. The van der Waals surface area contributed by atoms with Crippen molar-refractivity contribution in [1.82, 2.24) is 0 Å². The van der Waals surface area contributed by atoms with Crippen LogP contribution in [0.5, 0.6) is 0 Å². The van der Waals surface area contributed by atoms with Crippen LogP contribution in [0, 0.1) is 35.5 Å². The van der Waals surface area contributed by atoms with Crippen LogP contribution in [0.25, 0.3) is 0 Å². The number of carbonyl (C=O) groups is 1. The van der Waals surface area contributed by atoms with Crippen LogP contribution in [-0.4, -0.2) is 89.4 Å². The van der Waals surface area contributed by atoms with E-state index in [2.05, 4.69) is 0 Å². The number of esters is 1. The van der Waals surface area contributed by atoms with Crippen LogP contribution >= 0.6 is 0 Å². The normalized spacial score (nSPS) is 40.9. The molecule has 0 spiro atoms. The van der Waals surface area contributed by atoms with Gasteiger partial charge in [0, 0.05) is 43.1 Å². The summed E-state index contributed by atoms with van der Waals surface area (Å²) in [5.74, 6) is -2.58. The van der Waals surface area contributed by atoms with Gasteiger partial charge in [-0.05, 0) is 45.6 Å². The maximum atomic E-state index is 13.7. The molecule has 0 aromatic carbocycles. The molecule has 274 valence electrons. The van der Waals surface area contributed by atoms with Crippen molar-refractivity contribution in [3.8, 4) is 0 Å². The van der Waals surface area contributed by atoms with Crippen molar-refractivity contribution >= 4 is 5.97 Å². The van der Waals surface area contributed by atoms with Gasteiger partial charge >= 0.3 is 5.97 Å². The molecular formula is C39H64O9. The first kappa shape index (κ1) is 41.9. The first-order valence-electron chi connectivity index (χ1n) is 17.6. The Balaban J connectivity index is 2.54. The van der Waals surface area contributed by atoms with Crippen molar-refractivity contribution < 1.29 is 44.2 Å². The SMILES string of the molecule is C/C=C/[C@H]1O[C@@H]([C@@H](C)[C@H](O)[C@H](C)[C@H]2OC(=O)/C(OC)=C/C(C)=C/[C@@H](C)[C@@H](O)[C@@H](CC)[C@@H](O)[C@H](C)C/C(C)=C/C=C/[C@@H]2OC)C[C@@H](O)[C@@H]1C. The Hall–Kier alpha value is -2.27. The fourth-order valence-corrected chi connectivity index (χ4v) is 7.16. The minimum atomic E-state index is -0.978. The Morgan fingerprint density at radius 1 is 1.06 bits per heavy atom. The molecule has 1 saturated heterocycles. The third-order valence-electron chi connectivity index (χ3n) is 10.4. The van der Waals surface area contributed by atoms with Crippen molar-refractivity contribution in [3.05, 3.63) is 59.4 Å². The van der Waals surface area contributed by atoms with Gasteiger partial charge in [0.1, 0.15) is 12.2 Å². The highest BCUT2D eigenvalue weighted by Crippen LogP contribution is 2.35. The molecule has 0 bridgehead atoms. The number of hydrogen-bond acceptors (Lipinski definition) is 9. The van der Waals surface area contributed by atoms with E-state index in [1.807, 2.05) is 92.7 Å². The van der Waals surface area contributed by atoms with E-state index in [4.69, 9.17) is 18.9 Å². The Morgan fingerprint density at radius 3 is 2.31 bits per heavy atom. The Bertz CT molecular complexity index is 1160. The molecule has 0 radical (unpaired) electrons. The molecule has 2 aliphatic heterocycles. The summed E-state index contributed by atoms with van der Waals surface area (Å²) in [5.41, 5.74) is 1.71. The molecule has 0 aliphatic carbocycles. The van der Waals surface area contributed by atoms with Crippen LogP contribution in [0.15, 0.2) is 59.4 Å². The minimum Gasteiger partial charge on any atom is -0.490 e. The van der Waals surface area contributed by atoms with Gasteiger partial charge in [-0.2, -0.15) is 0 Å². The van der Waals surface area contributed by atoms with E-state index < -0.39 is 60.5 Å². The maximum Gasteiger partial charge on any atom is 0.373 e. The highest BCUT2D eigenvalue weighted by atomic mass is 16.6. The summed E-state index contributed by atoms with van der Waals surface area (Å²) in [6, 6.07) is 0. The van der Waals surface area contributed by atoms with Crippen LogP contribution in [0.1, 0.15) is 81.6 Å². The largest absolute Gasteiger partial charge is 0.490 e. The van der Waals surface area contributed by atoms with Crippen LogP contribution in [0.4, 0.5) is 0 Å². The topological polar surface area (TPSA) is 135 Å². The molecule has 9 nitrogen and oxygen atoms in total. The highest BCUT2D eigenvalue weighted by molar-refractivity contribution is 5.87. The van der Waals surface area contributed by atoms with Crippen molar-refractivity contribution in [3.63, 3.8) is 0 Å². The summed E-state index contributed by atoms with van der Waals surface area (Å²) in [6.07, 6.45) is 9.04. The maximum absolute atomic E-state index is 13.7. The quantitative estimate of drug-likeness (QED) is 0.189. The summed E-state index contributed by atoms with van der Waals surface area (Å²) in [4.78, 5) is 13.7. The van der Waals surface area contributed by atoms with E-state index in [0.29, 0.717) is 24.8 Å². The van der Waals surface area contributed by atoms with Crippen molar-refractivity contribution in [1.29, 1.82) is 0 Å². The van der Waals surface area contributed by atoms with Gasteiger partial charge in [-0.25, -0.2) is 4.79 Å². The first-order chi connectivity index (χ1) is 22.6. The predicted molar refractivity (Wildman–Crippen MR) is 189 cm³/mol. The fraction of sp³-hybridized carbons (Fsp3) is 0.718. The molecule has 0 saturated carbocycles. The second-order valence-corrected chi connectivity index (χ2v) is 14.2. The Labute approximate surface area is 289 Å². The van der Waals surface area contributed by atoms with Crippen LogP contribution < -0.4 is 0 Å². The number of carbonyl (C=O) groups excluding carboxylic acids is 1. The molecule has 2 rings (SSSR count). The lowest BCUT2D eigenvalue weighted by molar-refractivity contribution is -0.170. The third-order valence-corrected chi connectivity index (χ3v) is 10.4. The number of methoxy groups -OCH3 is 2. The van der Waals surface area contributed by atoms with Crippen molar-refractivity contribution in [2.45, 2.75) is 130 Å².